The lowest BCUT2D eigenvalue weighted by Crippen LogP contribution is -2.36. The molecule has 0 saturated carbocycles. The normalized spacial score (nSPS) is 16.8. The molecule has 1 unspecified atom stereocenters. The number of alkyl halides is 3. The van der Waals surface area contributed by atoms with Crippen LogP contribution in [0.1, 0.15) is 27.2 Å². The molecule has 4 rings (SSSR count). The topological polar surface area (TPSA) is 44.9 Å². The Morgan fingerprint density at radius 2 is 1.76 bits per heavy atom. The second-order valence-corrected chi connectivity index (χ2v) is 6.25. The van der Waals surface area contributed by atoms with Crippen molar-refractivity contribution < 1.29 is 18.0 Å². The van der Waals surface area contributed by atoms with Crippen LogP contribution in [0.3, 0.4) is 0 Å². The molecule has 1 aromatic heterocycles. The van der Waals surface area contributed by atoms with Crippen molar-refractivity contribution >= 4 is 16.8 Å². The first kappa shape index (κ1) is 15.7. The van der Waals surface area contributed by atoms with Crippen LogP contribution in [0.5, 0.6) is 0 Å². The molecular formula is C19H15F3N2O. The maximum atomic E-state index is 13.1. The molecule has 1 amide bonds. The van der Waals surface area contributed by atoms with Crippen molar-refractivity contribution in [3.05, 3.63) is 70.9 Å². The molecule has 0 fully saturated rings. The zero-order valence-electron chi connectivity index (χ0n) is 13.2. The van der Waals surface area contributed by atoms with Gasteiger partial charge in [0.2, 0.25) is 0 Å². The van der Waals surface area contributed by atoms with Crippen LogP contribution in [0.2, 0.25) is 0 Å². The first-order valence-electron chi connectivity index (χ1n) is 7.99. The number of H-pyrrole nitrogens is 1. The lowest BCUT2D eigenvalue weighted by molar-refractivity contribution is -0.137. The highest BCUT2D eigenvalue weighted by molar-refractivity contribution is 5.96. The Bertz CT molecular complexity index is 959. The SMILES string of the molecule is O=C(NC1Cc2[nH]c3ccccc3c2C1)c1ccccc1C(F)(F)F. The molecule has 1 aliphatic carbocycles. The fourth-order valence-electron chi connectivity index (χ4n) is 3.52. The number of nitrogens with one attached hydrogen (secondary N) is 2. The maximum absolute atomic E-state index is 13.1. The lowest BCUT2D eigenvalue weighted by Gasteiger charge is -2.16. The summed E-state index contributed by atoms with van der Waals surface area (Å²) in [5.74, 6) is -0.688. The molecule has 0 spiro atoms. The van der Waals surface area contributed by atoms with Crippen LogP contribution in [0, 0.1) is 0 Å². The summed E-state index contributed by atoms with van der Waals surface area (Å²) < 4.78 is 39.2. The number of aromatic nitrogens is 1. The van der Waals surface area contributed by atoms with E-state index in [-0.39, 0.29) is 11.6 Å². The number of halogens is 3. The van der Waals surface area contributed by atoms with E-state index in [1.807, 2.05) is 24.3 Å². The van der Waals surface area contributed by atoms with Gasteiger partial charge in [0.05, 0.1) is 11.1 Å². The number of aromatic amines is 1. The number of fused-ring (bicyclic) bond motifs is 3. The third-order valence-corrected chi connectivity index (χ3v) is 4.62. The fourth-order valence-corrected chi connectivity index (χ4v) is 3.52. The summed E-state index contributed by atoms with van der Waals surface area (Å²) in [6, 6.07) is 12.5. The molecule has 2 N–H and O–H groups in total. The van der Waals surface area contributed by atoms with Crippen LogP contribution in [0.25, 0.3) is 10.9 Å². The largest absolute Gasteiger partial charge is 0.417 e. The van der Waals surface area contributed by atoms with Crippen LogP contribution in [0.4, 0.5) is 13.2 Å². The Balaban J connectivity index is 1.55. The third kappa shape index (κ3) is 2.77. The molecule has 1 atom stereocenters. The molecule has 3 nitrogen and oxygen atoms in total. The van der Waals surface area contributed by atoms with E-state index in [2.05, 4.69) is 10.3 Å². The zero-order valence-corrected chi connectivity index (χ0v) is 13.2. The Morgan fingerprint density at radius 3 is 2.56 bits per heavy atom. The molecule has 3 aromatic rings. The predicted molar refractivity (Wildman–Crippen MR) is 88.4 cm³/mol. The van der Waals surface area contributed by atoms with Crippen LogP contribution in [0.15, 0.2) is 48.5 Å². The number of para-hydroxylation sites is 1. The summed E-state index contributed by atoms with van der Waals surface area (Å²) >= 11 is 0. The van der Waals surface area contributed by atoms with Gasteiger partial charge in [0.15, 0.2) is 0 Å². The predicted octanol–water partition coefficient (Wildman–Crippen LogP) is 4.08. The first-order chi connectivity index (χ1) is 11.9. The van der Waals surface area contributed by atoms with Gasteiger partial charge < -0.3 is 10.3 Å². The van der Waals surface area contributed by atoms with E-state index in [1.54, 1.807) is 0 Å². The van der Waals surface area contributed by atoms with E-state index >= 15 is 0 Å². The molecule has 0 bridgehead atoms. The number of rotatable bonds is 2. The van der Waals surface area contributed by atoms with Gasteiger partial charge in [-0.05, 0) is 30.2 Å². The van der Waals surface area contributed by atoms with Gasteiger partial charge in [0, 0.05) is 29.1 Å². The molecule has 2 aromatic carbocycles. The smallest absolute Gasteiger partial charge is 0.358 e. The number of carbonyl (C=O) groups is 1. The minimum atomic E-state index is -4.55. The number of benzene rings is 2. The van der Waals surface area contributed by atoms with Gasteiger partial charge in [0.25, 0.3) is 5.91 Å². The summed E-state index contributed by atoms with van der Waals surface area (Å²) in [5.41, 5.74) is 1.96. The molecule has 128 valence electrons. The van der Waals surface area contributed by atoms with Crippen molar-refractivity contribution in [1.29, 1.82) is 0 Å². The van der Waals surface area contributed by atoms with Gasteiger partial charge >= 0.3 is 6.18 Å². The van der Waals surface area contributed by atoms with E-state index in [0.29, 0.717) is 12.8 Å². The standard InChI is InChI=1S/C19H15F3N2O/c20-19(21,22)15-7-3-1-6-13(15)18(25)23-11-9-14-12-5-2-4-8-16(12)24-17(14)10-11/h1-8,11,24H,9-10H2,(H,23,25). The van der Waals surface area contributed by atoms with Crippen molar-refractivity contribution in [3.8, 4) is 0 Å². The molecule has 0 saturated heterocycles. The third-order valence-electron chi connectivity index (χ3n) is 4.62. The summed E-state index contributed by atoms with van der Waals surface area (Å²) in [5, 5.41) is 3.85. The van der Waals surface area contributed by atoms with E-state index in [0.717, 1.165) is 28.2 Å². The van der Waals surface area contributed by atoms with Crippen molar-refractivity contribution in [2.45, 2.75) is 25.1 Å². The highest BCUT2D eigenvalue weighted by Gasteiger charge is 2.35. The summed E-state index contributed by atoms with van der Waals surface area (Å²) in [4.78, 5) is 15.7. The number of hydrogen-bond donors (Lipinski definition) is 2. The van der Waals surface area contributed by atoms with E-state index in [9.17, 15) is 18.0 Å². The molecule has 0 aliphatic heterocycles. The highest BCUT2D eigenvalue weighted by Crippen LogP contribution is 2.33. The van der Waals surface area contributed by atoms with Crippen molar-refractivity contribution in [2.75, 3.05) is 0 Å². The number of amides is 1. The minimum Gasteiger partial charge on any atom is -0.358 e. The molecular weight excluding hydrogens is 329 g/mol. The van der Waals surface area contributed by atoms with Gasteiger partial charge in [-0.1, -0.05) is 30.3 Å². The van der Waals surface area contributed by atoms with Gasteiger partial charge in [-0.2, -0.15) is 13.2 Å². The quantitative estimate of drug-likeness (QED) is 0.723. The van der Waals surface area contributed by atoms with E-state index < -0.39 is 17.6 Å². The van der Waals surface area contributed by atoms with Crippen LogP contribution >= 0.6 is 0 Å². The molecule has 6 heteroatoms. The summed E-state index contributed by atoms with van der Waals surface area (Å²) in [6.45, 7) is 0. The average Bonchev–Trinajstić information content (AvgIpc) is 3.11. The monoisotopic (exact) mass is 344 g/mol. The van der Waals surface area contributed by atoms with Crippen molar-refractivity contribution in [2.24, 2.45) is 0 Å². The van der Waals surface area contributed by atoms with Crippen LogP contribution in [-0.4, -0.2) is 16.9 Å². The summed E-state index contributed by atoms with van der Waals surface area (Å²) in [6.07, 6.45) is -3.35. The molecule has 1 aliphatic rings. The van der Waals surface area contributed by atoms with Gasteiger partial charge in [-0.25, -0.2) is 0 Å². The first-order valence-corrected chi connectivity index (χ1v) is 7.99. The molecule has 25 heavy (non-hydrogen) atoms. The van der Waals surface area contributed by atoms with Crippen LogP contribution < -0.4 is 5.32 Å². The van der Waals surface area contributed by atoms with Gasteiger partial charge in [-0.15, -0.1) is 0 Å². The second-order valence-electron chi connectivity index (χ2n) is 6.25. The second kappa shape index (κ2) is 5.65. The van der Waals surface area contributed by atoms with Gasteiger partial charge in [0.1, 0.15) is 0 Å². The highest BCUT2D eigenvalue weighted by atomic mass is 19.4. The lowest BCUT2D eigenvalue weighted by atomic mass is 10.1. The van der Waals surface area contributed by atoms with Gasteiger partial charge in [-0.3, -0.25) is 4.79 Å². The van der Waals surface area contributed by atoms with Crippen LogP contribution in [-0.2, 0) is 19.0 Å². The summed E-state index contributed by atoms with van der Waals surface area (Å²) in [7, 11) is 0. The van der Waals surface area contributed by atoms with E-state index in [1.165, 1.54) is 18.2 Å². The maximum Gasteiger partial charge on any atom is 0.417 e. The Hall–Kier alpha value is -2.76. The molecule has 1 heterocycles. The Kier molecular flexibility index (Phi) is 3.56. The fraction of sp³-hybridized carbons (Fsp3) is 0.211. The zero-order chi connectivity index (χ0) is 17.6. The number of carbonyl (C=O) groups excluding carboxylic acids is 1. The minimum absolute atomic E-state index is 0.209. The average molecular weight is 344 g/mol. The number of hydrogen-bond acceptors (Lipinski definition) is 1. The van der Waals surface area contributed by atoms with Crippen molar-refractivity contribution in [1.82, 2.24) is 10.3 Å². The van der Waals surface area contributed by atoms with E-state index in [4.69, 9.17) is 0 Å². The van der Waals surface area contributed by atoms with Crippen molar-refractivity contribution in [3.63, 3.8) is 0 Å². The molecule has 0 radical (unpaired) electrons. The Labute approximate surface area is 141 Å². The Morgan fingerprint density at radius 1 is 1.04 bits per heavy atom.